The zero-order valence-electron chi connectivity index (χ0n) is 11.5. The van der Waals surface area contributed by atoms with Crippen molar-refractivity contribution in [2.75, 3.05) is 11.1 Å². The van der Waals surface area contributed by atoms with Crippen molar-refractivity contribution < 1.29 is 9.90 Å². The fourth-order valence-electron chi connectivity index (χ4n) is 1.72. The highest BCUT2D eigenvalue weighted by Crippen LogP contribution is 2.21. The second-order valence-electron chi connectivity index (χ2n) is 4.59. The summed E-state index contributed by atoms with van der Waals surface area (Å²) >= 11 is 7.24. The number of aliphatic hydroxyl groups is 1. The van der Waals surface area contributed by atoms with Crippen molar-refractivity contribution >= 4 is 35.0 Å². The third-order valence-electron chi connectivity index (χ3n) is 2.86. The molecule has 0 spiro atoms. The van der Waals surface area contributed by atoms with Gasteiger partial charge in [0.25, 0.3) is 0 Å². The normalized spacial score (nSPS) is 12.0. The third-order valence-corrected chi connectivity index (χ3v) is 4.12. The second kappa shape index (κ2) is 7.50. The van der Waals surface area contributed by atoms with Crippen LogP contribution in [0.25, 0.3) is 0 Å². The van der Waals surface area contributed by atoms with Gasteiger partial charge in [0.2, 0.25) is 5.91 Å². The van der Waals surface area contributed by atoms with Crippen LogP contribution in [0.3, 0.4) is 0 Å². The Morgan fingerprint density at radius 1 is 1.19 bits per heavy atom. The van der Waals surface area contributed by atoms with Gasteiger partial charge in [0, 0.05) is 15.6 Å². The lowest BCUT2D eigenvalue weighted by Crippen LogP contribution is -2.13. The molecule has 1 amide bonds. The molecule has 21 heavy (non-hydrogen) atoms. The highest BCUT2D eigenvalue weighted by Gasteiger charge is 2.05. The maximum absolute atomic E-state index is 11.8. The zero-order chi connectivity index (χ0) is 15.2. The van der Waals surface area contributed by atoms with Gasteiger partial charge in [0.05, 0.1) is 11.9 Å². The standard InChI is InChI=1S/C16H16ClNO2S/c1-11(19)12-2-8-15(9-3-12)21-10-16(20)18-14-6-4-13(17)5-7-14/h2-9,11,19H,10H2,1H3,(H,18,20). The Kier molecular flexibility index (Phi) is 5.67. The zero-order valence-corrected chi connectivity index (χ0v) is 13.1. The smallest absolute Gasteiger partial charge is 0.234 e. The van der Waals surface area contributed by atoms with E-state index < -0.39 is 6.10 Å². The Hall–Kier alpha value is -1.49. The van der Waals surface area contributed by atoms with Gasteiger partial charge in [-0.15, -0.1) is 11.8 Å². The van der Waals surface area contributed by atoms with E-state index in [0.717, 1.165) is 16.1 Å². The van der Waals surface area contributed by atoms with Crippen LogP contribution in [0.4, 0.5) is 5.69 Å². The molecule has 0 radical (unpaired) electrons. The fourth-order valence-corrected chi connectivity index (χ4v) is 2.55. The summed E-state index contributed by atoms with van der Waals surface area (Å²) < 4.78 is 0. The lowest BCUT2D eigenvalue weighted by atomic mass is 10.1. The largest absolute Gasteiger partial charge is 0.389 e. The van der Waals surface area contributed by atoms with Gasteiger partial charge in [-0.3, -0.25) is 4.79 Å². The van der Waals surface area contributed by atoms with E-state index in [1.54, 1.807) is 31.2 Å². The number of hydrogen-bond acceptors (Lipinski definition) is 3. The molecular weight excluding hydrogens is 306 g/mol. The van der Waals surface area contributed by atoms with Crippen LogP contribution in [0.2, 0.25) is 5.02 Å². The number of hydrogen-bond donors (Lipinski definition) is 2. The molecule has 5 heteroatoms. The summed E-state index contributed by atoms with van der Waals surface area (Å²) in [4.78, 5) is 12.8. The molecule has 0 saturated carbocycles. The van der Waals surface area contributed by atoms with Crippen molar-refractivity contribution in [3.05, 3.63) is 59.1 Å². The molecule has 0 saturated heterocycles. The summed E-state index contributed by atoms with van der Waals surface area (Å²) in [5.41, 5.74) is 1.60. The number of aliphatic hydroxyl groups excluding tert-OH is 1. The van der Waals surface area contributed by atoms with Gasteiger partial charge < -0.3 is 10.4 Å². The fraction of sp³-hybridized carbons (Fsp3) is 0.188. The molecule has 0 aromatic heterocycles. The first-order valence-corrected chi connectivity index (χ1v) is 7.87. The number of benzene rings is 2. The van der Waals surface area contributed by atoms with Crippen LogP contribution in [-0.4, -0.2) is 16.8 Å². The van der Waals surface area contributed by atoms with Gasteiger partial charge in [0.15, 0.2) is 0 Å². The molecule has 2 rings (SSSR count). The minimum absolute atomic E-state index is 0.0677. The first-order valence-electron chi connectivity index (χ1n) is 6.51. The molecule has 0 aliphatic carbocycles. The SMILES string of the molecule is CC(O)c1ccc(SCC(=O)Nc2ccc(Cl)cc2)cc1. The van der Waals surface area contributed by atoms with Crippen LogP contribution < -0.4 is 5.32 Å². The van der Waals surface area contributed by atoms with Crippen molar-refractivity contribution in [1.29, 1.82) is 0 Å². The third kappa shape index (κ3) is 5.08. The number of halogens is 1. The molecule has 0 bridgehead atoms. The van der Waals surface area contributed by atoms with E-state index in [4.69, 9.17) is 11.6 Å². The Morgan fingerprint density at radius 3 is 2.38 bits per heavy atom. The summed E-state index contributed by atoms with van der Waals surface area (Å²) in [6, 6.07) is 14.5. The first-order chi connectivity index (χ1) is 10.0. The summed E-state index contributed by atoms with van der Waals surface area (Å²) in [5, 5.41) is 12.9. The number of carbonyl (C=O) groups excluding carboxylic acids is 1. The average molecular weight is 322 g/mol. The summed E-state index contributed by atoms with van der Waals surface area (Å²) in [6.45, 7) is 1.72. The molecule has 110 valence electrons. The van der Waals surface area contributed by atoms with Gasteiger partial charge in [-0.25, -0.2) is 0 Å². The van der Waals surface area contributed by atoms with Gasteiger partial charge in [-0.05, 0) is 48.9 Å². The highest BCUT2D eigenvalue weighted by molar-refractivity contribution is 8.00. The Bertz CT molecular complexity index is 597. The number of nitrogens with one attached hydrogen (secondary N) is 1. The number of carbonyl (C=O) groups is 1. The van der Waals surface area contributed by atoms with E-state index in [2.05, 4.69) is 5.32 Å². The van der Waals surface area contributed by atoms with Crippen molar-refractivity contribution in [2.45, 2.75) is 17.9 Å². The van der Waals surface area contributed by atoms with E-state index in [9.17, 15) is 9.90 Å². The minimum atomic E-state index is -0.475. The number of amides is 1. The van der Waals surface area contributed by atoms with Crippen molar-refractivity contribution in [3.8, 4) is 0 Å². The van der Waals surface area contributed by atoms with Crippen LogP contribution in [0.5, 0.6) is 0 Å². The number of thioether (sulfide) groups is 1. The Labute approximate surface area is 133 Å². The van der Waals surface area contributed by atoms with Crippen molar-refractivity contribution in [1.82, 2.24) is 0 Å². The molecule has 2 aromatic carbocycles. The topological polar surface area (TPSA) is 49.3 Å². The van der Waals surface area contributed by atoms with Gasteiger partial charge in [-0.2, -0.15) is 0 Å². The number of anilines is 1. The van der Waals surface area contributed by atoms with Crippen LogP contribution in [-0.2, 0) is 4.79 Å². The second-order valence-corrected chi connectivity index (χ2v) is 6.07. The molecule has 0 heterocycles. The van der Waals surface area contributed by atoms with E-state index in [0.29, 0.717) is 10.8 Å². The summed E-state index contributed by atoms with van der Waals surface area (Å²) in [6.07, 6.45) is -0.475. The lowest BCUT2D eigenvalue weighted by Gasteiger charge is -2.07. The molecular formula is C16H16ClNO2S. The van der Waals surface area contributed by atoms with Crippen LogP contribution in [0.1, 0.15) is 18.6 Å². The predicted octanol–water partition coefficient (Wildman–Crippen LogP) is 4.12. The molecule has 0 aliphatic heterocycles. The van der Waals surface area contributed by atoms with Crippen LogP contribution in [0, 0.1) is 0 Å². The van der Waals surface area contributed by atoms with E-state index in [1.165, 1.54) is 11.8 Å². The Balaban J connectivity index is 1.84. The highest BCUT2D eigenvalue weighted by atomic mass is 35.5. The molecule has 3 nitrogen and oxygen atoms in total. The van der Waals surface area contributed by atoms with Gasteiger partial charge in [0.1, 0.15) is 0 Å². The van der Waals surface area contributed by atoms with Crippen LogP contribution >= 0.6 is 23.4 Å². The molecule has 0 fully saturated rings. The molecule has 1 atom stereocenters. The predicted molar refractivity (Wildman–Crippen MR) is 87.9 cm³/mol. The maximum atomic E-state index is 11.8. The van der Waals surface area contributed by atoms with Crippen molar-refractivity contribution in [3.63, 3.8) is 0 Å². The Morgan fingerprint density at radius 2 is 1.81 bits per heavy atom. The van der Waals surface area contributed by atoms with Gasteiger partial charge in [-0.1, -0.05) is 23.7 Å². The molecule has 2 N–H and O–H groups in total. The lowest BCUT2D eigenvalue weighted by molar-refractivity contribution is -0.113. The van der Waals surface area contributed by atoms with Crippen LogP contribution in [0.15, 0.2) is 53.4 Å². The monoisotopic (exact) mass is 321 g/mol. The van der Waals surface area contributed by atoms with E-state index in [-0.39, 0.29) is 5.91 Å². The quantitative estimate of drug-likeness (QED) is 0.814. The summed E-state index contributed by atoms with van der Waals surface area (Å²) in [7, 11) is 0. The van der Waals surface area contributed by atoms with E-state index in [1.807, 2.05) is 24.3 Å². The van der Waals surface area contributed by atoms with Gasteiger partial charge >= 0.3 is 0 Å². The molecule has 2 aromatic rings. The first kappa shape index (κ1) is 15.9. The average Bonchev–Trinajstić information content (AvgIpc) is 2.48. The van der Waals surface area contributed by atoms with Crippen molar-refractivity contribution in [2.24, 2.45) is 0 Å². The number of rotatable bonds is 5. The molecule has 1 unspecified atom stereocenters. The minimum Gasteiger partial charge on any atom is -0.389 e. The summed E-state index contributed by atoms with van der Waals surface area (Å²) in [5.74, 6) is 0.262. The molecule has 0 aliphatic rings. The maximum Gasteiger partial charge on any atom is 0.234 e. The van der Waals surface area contributed by atoms with E-state index >= 15 is 0 Å².